The maximum absolute atomic E-state index is 12.9. The highest BCUT2D eigenvalue weighted by atomic mass is 19.4. The van der Waals surface area contributed by atoms with Crippen molar-refractivity contribution >= 4 is 5.78 Å². The molecule has 0 saturated heterocycles. The largest absolute Gasteiger partial charge is 0.434 e. The van der Waals surface area contributed by atoms with Crippen molar-refractivity contribution in [1.29, 1.82) is 0 Å². The van der Waals surface area contributed by atoms with Crippen molar-refractivity contribution in [2.45, 2.75) is 46.0 Å². The lowest BCUT2D eigenvalue weighted by atomic mass is 9.99. The van der Waals surface area contributed by atoms with Crippen LogP contribution in [0.2, 0.25) is 0 Å². The minimum atomic E-state index is -4.38. The van der Waals surface area contributed by atoms with E-state index in [9.17, 15) is 13.2 Å². The fourth-order valence-corrected chi connectivity index (χ4v) is 3.98. The fraction of sp³-hybridized carbons (Fsp3) is 0.526. The Balaban J connectivity index is 1.41. The van der Waals surface area contributed by atoms with Gasteiger partial charge in [0.15, 0.2) is 5.69 Å². The number of rotatable bonds is 4. The zero-order chi connectivity index (χ0) is 20.1. The third kappa shape index (κ3) is 3.76. The number of alkyl halides is 3. The van der Waals surface area contributed by atoms with Crippen LogP contribution in [-0.4, -0.2) is 42.4 Å². The molecule has 1 aliphatic rings. The standard InChI is InChI=1S/C19H23F3N6/c1-12-6-13(2)28-10-15(24-18(28)23-12)9-26(3)7-14-4-5-17-25-16(19(20,21)22)11-27(17)8-14/h6,10-11,14H,4-5,7-9H2,1-3H3/t14-/m0/s1. The molecular formula is C19H23F3N6. The molecule has 0 unspecified atom stereocenters. The highest BCUT2D eigenvalue weighted by Crippen LogP contribution is 2.30. The summed E-state index contributed by atoms with van der Waals surface area (Å²) in [5, 5.41) is 0. The molecule has 4 rings (SSSR count). The van der Waals surface area contributed by atoms with Crippen LogP contribution >= 0.6 is 0 Å². The molecule has 0 spiro atoms. The van der Waals surface area contributed by atoms with Crippen LogP contribution in [0.25, 0.3) is 5.78 Å². The number of nitrogens with zero attached hydrogens (tertiary/aromatic N) is 6. The van der Waals surface area contributed by atoms with Gasteiger partial charge in [-0.3, -0.25) is 4.40 Å². The zero-order valence-corrected chi connectivity index (χ0v) is 16.2. The first-order chi connectivity index (χ1) is 13.2. The first-order valence-electron chi connectivity index (χ1n) is 9.33. The number of aromatic nitrogens is 5. The van der Waals surface area contributed by atoms with Gasteiger partial charge in [-0.2, -0.15) is 13.2 Å². The van der Waals surface area contributed by atoms with Gasteiger partial charge in [-0.1, -0.05) is 0 Å². The summed E-state index contributed by atoms with van der Waals surface area (Å²) in [6, 6.07) is 2.02. The van der Waals surface area contributed by atoms with Crippen molar-refractivity contribution in [2.75, 3.05) is 13.6 Å². The van der Waals surface area contributed by atoms with E-state index >= 15 is 0 Å². The predicted octanol–water partition coefficient (Wildman–Crippen LogP) is 3.26. The summed E-state index contributed by atoms with van der Waals surface area (Å²) in [6.07, 6.45) is 0.164. The fourth-order valence-electron chi connectivity index (χ4n) is 3.98. The van der Waals surface area contributed by atoms with Crippen LogP contribution in [0, 0.1) is 19.8 Å². The average Bonchev–Trinajstić information content (AvgIpc) is 3.17. The third-order valence-corrected chi connectivity index (χ3v) is 5.19. The number of aryl methyl sites for hydroxylation is 3. The average molecular weight is 392 g/mol. The van der Waals surface area contributed by atoms with Gasteiger partial charge >= 0.3 is 6.18 Å². The van der Waals surface area contributed by atoms with Crippen LogP contribution in [0.5, 0.6) is 0 Å². The summed E-state index contributed by atoms with van der Waals surface area (Å²) in [6.45, 7) is 6.00. The summed E-state index contributed by atoms with van der Waals surface area (Å²) >= 11 is 0. The molecule has 0 bridgehead atoms. The molecule has 6 nitrogen and oxygen atoms in total. The molecule has 1 atom stereocenters. The van der Waals surface area contributed by atoms with Crippen LogP contribution in [0.4, 0.5) is 13.2 Å². The van der Waals surface area contributed by atoms with Gasteiger partial charge in [-0.15, -0.1) is 0 Å². The molecule has 0 radical (unpaired) electrons. The van der Waals surface area contributed by atoms with Crippen molar-refractivity contribution in [1.82, 2.24) is 28.8 Å². The van der Waals surface area contributed by atoms with E-state index in [0.717, 1.165) is 36.2 Å². The molecule has 28 heavy (non-hydrogen) atoms. The highest BCUT2D eigenvalue weighted by Gasteiger charge is 2.35. The Hall–Kier alpha value is -2.42. The topological polar surface area (TPSA) is 51.2 Å². The predicted molar refractivity (Wildman–Crippen MR) is 97.8 cm³/mol. The molecule has 1 aliphatic heterocycles. The Morgan fingerprint density at radius 2 is 1.96 bits per heavy atom. The van der Waals surface area contributed by atoms with Crippen LogP contribution in [0.1, 0.15) is 35.0 Å². The van der Waals surface area contributed by atoms with Gasteiger partial charge in [0.25, 0.3) is 0 Å². The molecule has 0 fully saturated rings. The number of halogens is 3. The second kappa shape index (κ2) is 6.88. The molecule has 0 N–H and O–H groups in total. The van der Waals surface area contributed by atoms with Crippen molar-refractivity contribution in [2.24, 2.45) is 5.92 Å². The lowest BCUT2D eigenvalue weighted by Gasteiger charge is -2.27. The normalized spacial score (nSPS) is 17.5. The third-order valence-electron chi connectivity index (χ3n) is 5.19. The molecule has 9 heteroatoms. The molecule has 0 aliphatic carbocycles. The van der Waals surface area contributed by atoms with Gasteiger partial charge < -0.3 is 9.47 Å². The lowest BCUT2D eigenvalue weighted by Crippen LogP contribution is -2.31. The molecule has 0 amide bonds. The van der Waals surface area contributed by atoms with Crippen molar-refractivity contribution in [3.8, 4) is 0 Å². The number of fused-ring (bicyclic) bond motifs is 2. The van der Waals surface area contributed by atoms with Crippen LogP contribution in [0.3, 0.4) is 0 Å². The Morgan fingerprint density at radius 3 is 2.71 bits per heavy atom. The Labute approximate surface area is 161 Å². The molecule has 4 heterocycles. The first kappa shape index (κ1) is 18.9. The Morgan fingerprint density at radius 1 is 1.18 bits per heavy atom. The van der Waals surface area contributed by atoms with E-state index in [1.165, 1.54) is 0 Å². The number of hydrogen-bond donors (Lipinski definition) is 0. The number of hydrogen-bond acceptors (Lipinski definition) is 4. The Kier molecular flexibility index (Phi) is 4.65. The first-order valence-corrected chi connectivity index (χ1v) is 9.33. The maximum Gasteiger partial charge on any atom is 0.434 e. The van der Waals surface area contributed by atoms with E-state index < -0.39 is 11.9 Å². The maximum atomic E-state index is 12.9. The van der Waals surface area contributed by atoms with Crippen LogP contribution in [0.15, 0.2) is 18.5 Å². The van der Waals surface area contributed by atoms with Crippen molar-refractivity contribution in [3.63, 3.8) is 0 Å². The smallest absolute Gasteiger partial charge is 0.334 e. The van der Waals surface area contributed by atoms with Crippen molar-refractivity contribution < 1.29 is 13.2 Å². The van der Waals surface area contributed by atoms with Gasteiger partial charge in [0, 0.05) is 49.8 Å². The second-order valence-electron chi connectivity index (χ2n) is 7.74. The van der Waals surface area contributed by atoms with E-state index in [-0.39, 0.29) is 5.92 Å². The molecule has 0 saturated carbocycles. The van der Waals surface area contributed by atoms with Gasteiger partial charge in [0.1, 0.15) is 5.82 Å². The van der Waals surface area contributed by atoms with Gasteiger partial charge in [0.05, 0.1) is 5.69 Å². The number of imidazole rings is 2. The molecule has 3 aromatic rings. The van der Waals surface area contributed by atoms with E-state index in [1.807, 2.05) is 37.6 Å². The van der Waals surface area contributed by atoms with Gasteiger partial charge in [-0.05, 0) is 39.3 Å². The molecular weight excluding hydrogens is 369 g/mol. The van der Waals surface area contributed by atoms with E-state index in [0.29, 0.717) is 31.1 Å². The zero-order valence-electron chi connectivity index (χ0n) is 16.2. The summed E-state index contributed by atoms with van der Waals surface area (Å²) in [7, 11) is 2.01. The summed E-state index contributed by atoms with van der Waals surface area (Å²) in [4.78, 5) is 15.0. The Bertz CT molecular complexity index is 1000. The SMILES string of the molecule is Cc1cc(C)n2cc(CN(C)C[C@@H]3CCc4nc(C(F)(F)F)cn4C3)nc2n1. The van der Waals surface area contributed by atoms with Gasteiger partial charge in [-0.25, -0.2) is 15.0 Å². The summed E-state index contributed by atoms with van der Waals surface area (Å²) in [5.41, 5.74) is 2.16. The second-order valence-corrected chi connectivity index (χ2v) is 7.74. The van der Waals surface area contributed by atoms with Crippen molar-refractivity contribution in [3.05, 3.63) is 47.1 Å². The minimum Gasteiger partial charge on any atom is -0.334 e. The highest BCUT2D eigenvalue weighted by molar-refractivity contribution is 5.34. The van der Waals surface area contributed by atoms with E-state index in [1.54, 1.807) is 4.57 Å². The summed E-state index contributed by atoms with van der Waals surface area (Å²) < 4.78 is 42.2. The minimum absolute atomic E-state index is 0.284. The van der Waals surface area contributed by atoms with Crippen LogP contribution in [-0.2, 0) is 25.7 Å². The molecule has 150 valence electrons. The quantitative estimate of drug-likeness (QED) is 0.684. The van der Waals surface area contributed by atoms with Crippen LogP contribution < -0.4 is 0 Å². The monoisotopic (exact) mass is 392 g/mol. The molecule has 3 aromatic heterocycles. The lowest BCUT2D eigenvalue weighted by molar-refractivity contribution is -0.141. The molecule has 0 aromatic carbocycles. The van der Waals surface area contributed by atoms with Gasteiger partial charge in [0.2, 0.25) is 5.78 Å². The van der Waals surface area contributed by atoms with E-state index in [4.69, 9.17) is 0 Å². The summed E-state index contributed by atoms with van der Waals surface area (Å²) in [5.74, 6) is 1.51. The van der Waals surface area contributed by atoms with E-state index in [2.05, 4.69) is 19.9 Å².